The molecule has 0 aliphatic carbocycles. The third kappa shape index (κ3) is 2.06. The first kappa shape index (κ1) is 14.1. The van der Waals surface area contributed by atoms with Gasteiger partial charge in [0.15, 0.2) is 0 Å². The zero-order chi connectivity index (χ0) is 14.3. The third-order valence-electron chi connectivity index (χ3n) is 4.98. The molecule has 1 amide bonds. The van der Waals surface area contributed by atoms with Crippen molar-refractivity contribution in [1.29, 1.82) is 0 Å². The zero-order valence-electron chi connectivity index (χ0n) is 12.2. The Morgan fingerprint density at radius 1 is 1.16 bits per heavy atom. The highest BCUT2D eigenvalue weighted by molar-refractivity contribution is 5.86. The number of hydrogen-bond acceptors (Lipinski definition) is 2. The molecule has 3 heteroatoms. The lowest BCUT2D eigenvalue weighted by atomic mass is 9.67. The summed E-state index contributed by atoms with van der Waals surface area (Å²) in [5.41, 5.74) is 0.408. The van der Waals surface area contributed by atoms with Crippen LogP contribution in [0.2, 0.25) is 0 Å². The molecule has 0 radical (unpaired) electrons. The predicted octanol–water partition coefficient (Wildman–Crippen LogP) is 2.44. The van der Waals surface area contributed by atoms with Gasteiger partial charge in [-0.05, 0) is 5.56 Å². The van der Waals surface area contributed by atoms with Gasteiger partial charge in [-0.2, -0.15) is 0 Å². The van der Waals surface area contributed by atoms with Crippen molar-refractivity contribution in [2.75, 3.05) is 6.61 Å². The van der Waals surface area contributed by atoms with E-state index in [4.69, 9.17) is 0 Å². The normalized spacial score (nSPS) is 24.8. The first-order chi connectivity index (χ1) is 8.82. The SMILES string of the molecule is CC1(C)C(=O)N(Cc2ccccc2)[C@H](CO)C1(C)C. The summed E-state index contributed by atoms with van der Waals surface area (Å²) >= 11 is 0. The van der Waals surface area contributed by atoms with Gasteiger partial charge < -0.3 is 10.0 Å². The summed E-state index contributed by atoms with van der Waals surface area (Å²) in [5, 5.41) is 9.71. The number of amides is 1. The van der Waals surface area contributed by atoms with E-state index in [9.17, 15) is 9.90 Å². The molecule has 1 aliphatic heterocycles. The maximum atomic E-state index is 12.6. The average Bonchev–Trinajstić information content (AvgIpc) is 2.49. The van der Waals surface area contributed by atoms with Crippen LogP contribution >= 0.6 is 0 Å². The summed E-state index contributed by atoms with van der Waals surface area (Å²) in [6.07, 6.45) is 0. The van der Waals surface area contributed by atoms with E-state index in [2.05, 4.69) is 13.8 Å². The number of carbonyl (C=O) groups excluding carboxylic acids is 1. The van der Waals surface area contributed by atoms with E-state index in [0.717, 1.165) is 5.56 Å². The van der Waals surface area contributed by atoms with Crippen molar-refractivity contribution in [1.82, 2.24) is 4.90 Å². The van der Waals surface area contributed by atoms with Crippen LogP contribution in [0.15, 0.2) is 30.3 Å². The maximum absolute atomic E-state index is 12.6. The zero-order valence-corrected chi connectivity index (χ0v) is 12.2. The van der Waals surface area contributed by atoms with Crippen LogP contribution in [0.5, 0.6) is 0 Å². The van der Waals surface area contributed by atoms with Crippen LogP contribution in [0, 0.1) is 10.8 Å². The first-order valence-electron chi connectivity index (χ1n) is 6.78. The quantitative estimate of drug-likeness (QED) is 0.908. The fourth-order valence-corrected chi connectivity index (χ4v) is 2.87. The van der Waals surface area contributed by atoms with Crippen molar-refractivity contribution >= 4 is 5.91 Å². The number of rotatable bonds is 3. The lowest BCUT2D eigenvalue weighted by Gasteiger charge is -2.35. The van der Waals surface area contributed by atoms with Gasteiger partial charge in [0, 0.05) is 12.0 Å². The van der Waals surface area contributed by atoms with Crippen LogP contribution in [0.3, 0.4) is 0 Å². The molecule has 1 aromatic rings. The second-order valence-corrected chi connectivity index (χ2v) is 6.46. The Bertz CT molecular complexity index is 465. The van der Waals surface area contributed by atoms with E-state index in [-0.39, 0.29) is 24.0 Å². The predicted molar refractivity (Wildman–Crippen MR) is 75.4 cm³/mol. The van der Waals surface area contributed by atoms with Gasteiger partial charge in [-0.3, -0.25) is 4.79 Å². The van der Waals surface area contributed by atoms with Gasteiger partial charge in [0.25, 0.3) is 0 Å². The number of aliphatic hydroxyl groups is 1. The number of hydrogen-bond donors (Lipinski definition) is 1. The molecule has 1 heterocycles. The molecule has 0 aromatic heterocycles. The van der Waals surface area contributed by atoms with Gasteiger partial charge in [-0.25, -0.2) is 0 Å². The highest BCUT2D eigenvalue weighted by Crippen LogP contribution is 2.50. The van der Waals surface area contributed by atoms with Gasteiger partial charge in [0.1, 0.15) is 0 Å². The highest BCUT2D eigenvalue weighted by atomic mass is 16.3. The standard InChI is InChI=1S/C16H23NO2/c1-15(2)13(11-18)17(14(19)16(15,3)4)10-12-8-6-5-7-9-12/h5-9,13,18H,10-11H2,1-4H3/t13-/m1/s1. The molecule has 19 heavy (non-hydrogen) atoms. The fourth-order valence-electron chi connectivity index (χ4n) is 2.87. The summed E-state index contributed by atoms with van der Waals surface area (Å²) in [6, 6.07) is 9.81. The Kier molecular flexibility index (Phi) is 3.43. The molecule has 0 unspecified atom stereocenters. The Hall–Kier alpha value is -1.35. The van der Waals surface area contributed by atoms with Crippen LogP contribution in [0.1, 0.15) is 33.3 Å². The summed E-state index contributed by atoms with van der Waals surface area (Å²) in [4.78, 5) is 14.5. The second kappa shape index (κ2) is 4.64. The number of benzene rings is 1. The van der Waals surface area contributed by atoms with E-state index in [1.807, 2.05) is 49.1 Å². The molecule has 0 bridgehead atoms. The molecule has 0 saturated carbocycles. The van der Waals surface area contributed by atoms with E-state index < -0.39 is 5.41 Å². The fraction of sp³-hybridized carbons (Fsp3) is 0.562. The Balaban J connectivity index is 2.32. The molecule has 0 spiro atoms. The van der Waals surface area contributed by atoms with Gasteiger partial charge in [0.2, 0.25) is 5.91 Å². The maximum Gasteiger partial charge on any atom is 0.229 e. The Morgan fingerprint density at radius 2 is 1.74 bits per heavy atom. The molecule has 1 atom stereocenters. The topological polar surface area (TPSA) is 40.5 Å². The molecule has 1 saturated heterocycles. The highest BCUT2D eigenvalue weighted by Gasteiger charge is 2.58. The molecule has 3 nitrogen and oxygen atoms in total. The minimum Gasteiger partial charge on any atom is -0.394 e. The van der Waals surface area contributed by atoms with Crippen LogP contribution in [-0.2, 0) is 11.3 Å². The van der Waals surface area contributed by atoms with Crippen molar-refractivity contribution in [3.63, 3.8) is 0 Å². The number of aliphatic hydroxyl groups excluding tert-OH is 1. The monoisotopic (exact) mass is 261 g/mol. The molecule has 2 rings (SSSR count). The molecule has 1 aromatic carbocycles. The van der Waals surface area contributed by atoms with E-state index in [1.54, 1.807) is 0 Å². The van der Waals surface area contributed by atoms with Crippen molar-refractivity contribution in [2.45, 2.75) is 40.3 Å². The summed E-state index contributed by atoms with van der Waals surface area (Å²) < 4.78 is 0. The molecule has 1 fully saturated rings. The van der Waals surface area contributed by atoms with Gasteiger partial charge in [0.05, 0.1) is 18.1 Å². The van der Waals surface area contributed by atoms with E-state index in [1.165, 1.54) is 0 Å². The molecule has 1 N–H and O–H groups in total. The van der Waals surface area contributed by atoms with Gasteiger partial charge >= 0.3 is 0 Å². The second-order valence-electron chi connectivity index (χ2n) is 6.46. The third-order valence-corrected chi connectivity index (χ3v) is 4.98. The first-order valence-corrected chi connectivity index (χ1v) is 6.78. The van der Waals surface area contributed by atoms with Crippen molar-refractivity contribution in [3.05, 3.63) is 35.9 Å². The lowest BCUT2D eigenvalue weighted by molar-refractivity contribution is -0.137. The summed E-state index contributed by atoms with van der Waals surface area (Å²) in [5.74, 6) is 0.125. The minimum absolute atomic E-state index is 0.00893. The molecule has 104 valence electrons. The Morgan fingerprint density at radius 3 is 2.26 bits per heavy atom. The van der Waals surface area contributed by atoms with E-state index in [0.29, 0.717) is 6.54 Å². The van der Waals surface area contributed by atoms with Crippen molar-refractivity contribution in [3.8, 4) is 0 Å². The minimum atomic E-state index is -0.449. The van der Waals surface area contributed by atoms with E-state index >= 15 is 0 Å². The number of likely N-dealkylation sites (tertiary alicyclic amines) is 1. The van der Waals surface area contributed by atoms with Crippen LogP contribution < -0.4 is 0 Å². The number of nitrogens with zero attached hydrogens (tertiary/aromatic N) is 1. The lowest BCUT2D eigenvalue weighted by Crippen LogP contribution is -2.41. The smallest absolute Gasteiger partial charge is 0.229 e. The largest absolute Gasteiger partial charge is 0.394 e. The van der Waals surface area contributed by atoms with Crippen LogP contribution in [-0.4, -0.2) is 28.6 Å². The number of carbonyl (C=O) groups is 1. The van der Waals surface area contributed by atoms with Crippen molar-refractivity contribution < 1.29 is 9.90 Å². The van der Waals surface area contributed by atoms with Crippen molar-refractivity contribution in [2.24, 2.45) is 10.8 Å². The molecular formula is C16H23NO2. The van der Waals surface area contributed by atoms with Gasteiger partial charge in [-0.15, -0.1) is 0 Å². The van der Waals surface area contributed by atoms with Crippen LogP contribution in [0.4, 0.5) is 0 Å². The average molecular weight is 261 g/mol. The molecular weight excluding hydrogens is 238 g/mol. The van der Waals surface area contributed by atoms with Gasteiger partial charge in [-0.1, -0.05) is 58.0 Å². The summed E-state index contributed by atoms with van der Waals surface area (Å²) in [7, 11) is 0. The molecule has 1 aliphatic rings. The Labute approximate surface area is 115 Å². The van der Waals surface area contributed by atoms with Crippen LogP contribution in [0.25, 0.3) is 0 Å². The summed E-state index contributed by atoms with van der Waals surface area (Å²) in [6.45, 7) is 8.66.